The number of halogens is 1. The Morgan fingerprint density at radius 1 is 1.10 bits per heavy atom. The van der Waals surface area contributed by atoms with E-state index in [0.29, 0.717) is 5.56 Å². The molecule has 0 radical (unpaired) electrons. The molecule has 0 fully saturated rings. The molecule has 0 aliphatic heterocycles. The highest BCUT2D eigenvalue weighted by Crippen LogP contribution is 2.26. The highest BCUT2D eigenvalue weighted by atomic mass is 79.9. The van der Waals surface area contributed by atoms with Crippen LogP contribution in [0, 0.1) is 0 Å². The van der Waals surface area contributed by atoms with Crippen molar-refractivity contribution in [3.05, 3.63) is 64.1 Å². The lowest BCUT2D eigenvalue weighted by Gasteiger charge is -2.17. The van der Waals surface area contributed by atoms with E-state index in [1.165, 1.54) is 5.56 Å². The first-order valence-corrected chi connectivity index (χ1v) is 7.61. The predicted molar refractivity (Wildman–Crippen MR) is 90.6 cm³/mol. The van der Waals surface area contributed by atoms with E-state index in [-0.39, 0.29) is 11.9 Å². The maximum absolute atomic E-state index is 11.8. The number of anilines is 1. The first-order chi connectivity index (χ1) is 9.99. The SMILES string of the molecule is CC(Nc1ccc(C(=O)N(C)C)cc1)c1ccccc1Br. The number of carbonyl (C=O) groups is 1. The summed E-state index contributed by atoms with van der Waals surface area (Å²) in [6, 6.07) is 15.9. The summed E-state index contributed by atoms with van der Waals surface area (Å²) in [5, 5.41) is 3.44. The molecule has 4 heteroatoms. The maximum atomic E-state index is 11.8. The van der Waals surface area contributed by atoms with Gasteiger partial charge in [-0.2, -0.15) is 0 Å². The Kier molecular flexibility index (Phi) is 5.02. The molecule has 1 unspecified atom stereocenters. The zero-order chi connectivity index (χ0) is 15.4. The van der Waals surface area contributed by atoms with Crippen LogP contribution in [0.4, 0.5) is 5.69 Å². The van der Waals surface area contributed by atoms with Gasteiger partial charge in [-0.25, -0.2) is 0 Å². The highest BCUT2D eigenvalue weighted by molar-refractivity contribution is 9.10. The molecule has 1 amide bonds. The van der Waals surface area contributed by atoms with E-state index < -0.39 is 0 Å². The Bertz CT molecular complexity index is 623. The van der Waals surface area contributed by atoms with E-state index >= 15 is 0 Å². The van der Waals surface area contributed by atoms with Crippen LogP contribution in [0.25, 0.3) is 0 Å². The van der Waals surface area contributed by atoms with Gasteiger partial charge in [0.05, 0.1) is 0 Å². The second-order valence-corrected chi connectivity index (χ2v) is 6.02. The molecular formula is C17H19BrN2O. The van der Waals surface area contributed by atoms with E-state index in [0.717, 1.165) is 10.2 Å². The Balaban J connectivity index is 2.10. The molecule has 0 aliphatic carbocycles. The van der Waals surface area contributed by atoms with Gasteiger partial charge >= 0.3 is 0 Å². The lowest BCUT2D eigenvalue weighted by molar-refractivity contribution is 0.0827. The molecule has 0 aromatic heterocycles. The van der Waals surface area contributed by atoms with Crippen LogP contribution in [0.2, 0.25) is 0 Å². The largest absolute Gasteiger partial charge is 0.378 e. The lowest BCUT2D eigenvalue weighted by atomic mass is 10.1. The fourth-order valence-electron chi connectivity index (χ4n) is 2.12. The standard InChI is InChI=1S/C17H19BrN2O/c1-12(15-6-4-5-7-16(15)18)19-14-10-8-13(9-11-14)17(21)20(2)3/h4-12,19H,1-3H3. The van der Waals surface area contributed by atoms with Crippen molar-refractivity contribution in [3.63, 3.8) is 0 Å². The average molecular weight is 347 g/mol. The zero-order valence-corrected chi connectivity index (χ0v) is 14.0. The fraction of sp³-hybridized carbons (Fsp3) is 0.235. The molecule has 110 valence electrons. The minimum Gasteiger partial charge on any atom is -0.378 e. The molecule has 1 atom stereocenters. The highest BCUT2D eigenvalue weighted by Gasteiger charge is 2.10. The number of hydrogen-bond donors (Lipinski definition) is 1. The molecule has 21 heavy (non-hydrogen) atoms. The van der Waals surface area contributed by atoms with Crippen LogP contribution in [0.1, 0.15) is 28.9 Å². The number of nitrogens with zero attached hydrogens (tertiary/aromatic N) is 1. The van der Waals surface area contributed by atoms with Crippen LogP contribution in [-0.4, -0.2) is 24.9 Å². The molecule has 1 N–H and O–H groups in total. The molecule has 2 aromatic carbocycles. The van der Waals surface area contributed by atoms with Gasteiger partial charge in [-0.1, -0.05) is 34.1 Å². The Labute approximate surface area is 134 Å². The van der Waals surface area contributed by atoms with Gasteiger partial charge in [0.2, 0.25) is 0 Å². The molecule has 3 nitrogen and oxygen atoms in total. The monoisotopic (exact) mass is 346 g/mol. The maximum Gasteiger partial charge on any atom is 0.253 e. The van der Waals surface area contributed by atoms with E-state index in [4.69, 9.17) is 0 Å². The average Bonchev–Trinajstić information content (AvgIpc) is 2.47. The van der Waals surface area contributed by atoms with Crippen LogP contribution < -0.4 is 5.32 Å². The predicted octanol–water partition coefficient (Wildman–Crippen LogP) is 4.32. The number of rotatable bonds is 4. The number of benzene rings is 2. The van der Waals surface area contributed by atoms with Crippen LogP contribution in [0.5, 0.6) is 0 Å². The summed E-state index contributed by atoms with van der Waals surface area (Å²) in [6.45, 7) is 2.11. The fourth-order valence-corrected chi connectivity index (χ4v) is 2.75. The van der Waals surface area contributed by atoms with Gasteiger partial charge in [0.15, 0.2) is 0 Å². The summed E-state index contributed by atoms with van der Waals surface area (Å²) >= 11 is 3.57. The third-order valence-electron chi connectivity index (χ3n) is 3.29. The van der Waals surface area contributed by atoms with Crippen molar-refractivity contribution >= 4 is 27.5 Å². The zero-order valence-electron chi connectivity index (χ0n) is 12.4. The van der Waals surface area contributed by atoms with E-state index in [1.807, 2.05) is 42.5 Å². The second kappa shape index (κ2) is 6.76. The lowest BCUT2D eigenvalue weighted by Crippen LogP contribution is -2.21. The normalized spacial score (nSPS) is 11.8. The van der Waals surface area contributed by atoms with Crippen LogP contribution in [-0.2, 0) is 0 Å². The first kappa shape index (κ1) is 15.6. The van der Waals surface area contributed by atoms with Crippen molar-refractivity contribution in [1.29, 1.82) is 0 Å². The minimum atomic E-state index is 0.0143. The molecule has 0 aliphatic rings. The third-order valence-corrected chi connectivity index (χ3v) is 4.02. The minimum absolute atomic E-state index is 0.0143. The molecule has 0 bridgehead atoms. The molecule has 2 rings (SSSR count). The van der Waals surface area contributed by atoms with E-state index in [1.54, 1.807) is 19.0 Å². The number of nitrogens with one attached hydrogen (secondary N) is 1. The van der Waals surface area contributed by atoms with Crippen molar-refractivity contribution < 1.29 is 4.79 Å². The van der Waals surface area contributed by atoms with Crippen molar-refractivity contribution in [3.8, 4) is 0 Å². The Hall–Kier alpha value is -1.81. The van der Waals surface area contributed by atoms with Crippen molar-refractivity contribution in [2.75, 3.05) is 19.4 Å². The van der Waals surface area contributed by atoms with Crippen molar-refractivity contribution in [2.24, 2.45) is 0 Å². The van der Waals surface area contributed by atoms with Gasteiger partial charge < -0.3 is 10.2 Å². The van der Waals surface area contributed by atoms with Gasteiger partial charge in [0, 0.05) is 35.9 Å². The molecule has 2 aromatic rings. The van der Waals surface area contributed by atoms with Gasteiger partial charge in [0.1, 0.15) is 0 Å². The third kappa shape index (κ3) is 3.85. The van der Waals surface area contributed by atoms with Gasteiger partial charge in [-0.15, -0.1) is 0 Å². The van der Waals surface area contributed by atoms with Gasteiger partial charge in [-0.3, -0.25) is 4.79 Å². The van der Waals surface area contributed by atoms with Crippen LogP contribution in [0.3, 0.4) is 0 Å². The molecular weight excluding hydrogens is 328 g/mol. The van der Waals surface area contributed by atoms with Crippen LogP contribution in [0.15, 0.2) is 53.0 Å². The number of hydrogen-bond acceptors (Lipinski definition) is 2. The second-order valence-electron chi connectivity index (χ2n) is 5.16. The summed E-state index contributed by atoms with van der Waals surface area (Å²) in [5.74, 6) is 0.0143. The smallest absolute Gasteiger partial charge is 0.253 e. The molecule has 0 spiro atoms. The van der Waals surface area contributed by atoms with Gasteiger partial charge in [-0.05, 0) is 42.8 Å². The van der Waals surface area contributed by atoms with E-state index in [2.05, 4.69) is 34.2 Å². The summed E-state index contributed by atoms with van der Waals surface area (Å²) in [4.78, 5) is 13.4. The molecule has 0 saturated carbocycles. The molecule has 0 saturated heterocycles. The van der Waals surface area contributed by atoms with Crippen molar-refractivity contribution in [1.82, 2.24) is 4.90 Å². The number of amides is 1. The van der Waals surface area contributed by atoms with Crippen LogP contribution >= 0.6 is 15.9 Å². The van der Waals surface area contributed by atoms with Gasteiger partial charge in [0.25, 0.3) is 5.91 Å². The summed E-state index contributed by atoms with van der Waals surface area (Å²) in [7, 11) is 3.51. The van der Waals surface area contributed by atoms with Crippen molar-refractivity contribution in [2.45, 2.75) is 13.0 Å². The Morgan fingerprint density at radius 3 is 2.29 bits per heavy atom. The first-order valence-electron chi connectivity index (χ1n) is 6.81. The van der Waals surface area contributed by atoms with E-state index in [9.17, 15) is 4.79 Å². The quantitative estimate of drug-likeness (QED) is 0.893. The topological polar surface area (TPSA) is 32.3 Å². The Morgan fingerprint density at radius 2 is 1.71 bits per heavy atom. The molecule has 0 heterocycles. The summed E-state index contributed by atoms with van der Waals surface area (Å²) in [5.41, 5.74) is 2.89. The summed E-state index contributed by atoms with van der Waals surface area (Å²) in [6.07, 6.45) is 0. The summed E-state index contributed by atoms with van der Waals surface area (Å²) < 4.78 is 1.09. The number of carbonyl (C=O) groups excluding carboxylic acids is 1.